The monoisotopic (exact) mass is 374 g/mol. The molecule has 5 heteroatoms. The highest BCUT2D eigenvalue weighted by Gasteiger charge is 2.07. The summed E-state index contributed by atoms with van der Waals surface area (Å²) in [5.41, 5.74) is 4.56. The first-order chi connectivity index (χ1) is 13.7. The molecule has 0 amide bonds. The number of nitrogens with zero attached hydrogens (tertiary/aromatic N) is 2. The Labute approximate surface area is 166 Å². The van der Waals surface area contributed by atoms with Crippen LogP contribution in [0.5, 0.6) is 5.88 Å². The Morgan fingerprint density at radius 1 is 0.929 bits per heavy atom. The smallest absolute Gasteiger partial charge is 0.218 e. The fourth-order valence-corrected chi connectivity index (χ4v) is 2.82. The third kappa shape index (κ3) is 5.84. The van der Waals surface area contributed by atoms with Gasteiger partial charge >= 0.3 is 0 Å². The summed E-state index contributed by atoms with van der Waals surface area (Å²) in [6, 6.07) is 22.4. The SMILES string of the molecule is CN=C(NCc1cccc(C)c1)NCc1cccnc1OCc1ccccc1. The number of aliphatic imine (C=N–C) groups is 1. The molecule has 0 fully saturated rings. The minimum atomic E-state index is 0.491. The molecule has 2 aromatic carbocycles. The van der Waals surface area contributed by atoms with Crippen LogP contribution in [0.2, 0.25) is 0 Å². The van der Waals surface area contributed by atoms with Crippen molar-refractivity contribution in [3.8, 4) is 5.88 Å². The van der Waals surface area contributed by atoms with Gasteiger partial charge in [0.05, 0.1) is 0 Å². The number of aromatic nitrogens is 1. The van der Waals surface area contributed by atoms with Crippen LogP contribution in [0.3, 0.4) is 0 Å². The Balaban J connectivity index is 1.55. The van der Waals surface area contributed by atoms with E-state index in [-0.39, 0.29) is 0 Å². The maximum absolute atomic E-state index is 5.92. The molecule has 1 heterocycles. The molecule has 3 rings (SSSR count). The van der Waals surface area contributed by atoms with E-state index in [1.54, 1.807) is 13.2 Å². The summed E-state index contributed by atoms with van der Waals surface area (Å²) in [6.45, 7) is 3.87. The van der Waals surface area contributed by atoms with Crippen molar-refractivity contribution < 1.29 is 4.74 Å². The van der Waals surface area contributed by atoms with Gasteiger partial charge < -0.3 is 15.4 Å². The average Bonchev–Trinajstić information content (AvgIpc) is 2.74. The summed E-state index contributed by atoms with van der Waals surface area (Å²) in [5.74, 6) is 1.37. The van der Waals surface area contributed by atoms with E-state index in [9.17, 15) is 0 Å². The van der Waals surface area contributed by atoms with Gasteiger partial charge in [-0.25, -0.2) is 4.98 Å². The molecule has 0 saturated heterocycles. The Bertz CT molecular complexity index is 909. The summed E-state index contributed by atoms with van der Waals surface area (Å²) in [6.07, 6.45) is 1.74. The van der Waals surface area contributed by atoms with Crippen LogP contribution in [0.4, 0.5) is 0 Å². The standard InChI is InChI=1S/C23H26N4O/c1-18-8-6-11-20(14-18)15-26-23(24-2)27-16-21-12-7-13-25-22(21)28-17-19-9-4-3-5-10-19/h3-14H,15-17H2,1-2H3,(H2,24,26,27). The molecule has 0 aliphatic carbocycles. The molecule has 0 saturated carbocycles. The first-order valence-corrected chi connectivity index (χ1v) is 9.35. The molecule has 0 unspecified atom stereocenters. The second-order valence-electron chi connectivity index (χ2n) is 6.51. The van der Waals surface area contributed by atoms with Crippen LogP contribution in [-0.2, 0) is 19.7 Å². The molecule has 0 spiro atoms. The van der Waals surface area contributed by atoms with Crippen molar-refractivity contribution in [1.29, 1.82) is 0 Å². The van der Waals surface area contributed by atoms with Gasteiger partial charge in [-0.3, -0.25) is 4.99 Å². The van der Waals surface area contributed by atoms with Gasteiger partial charge in [-0.05, 0) is 24.1 Å². The molecule has 2 N–H and O–H groups in total. The van der Waals surface area contributed by atoms with Crippen LogP contribution in [0.15, 0.2) is 77.9 Å². The number of ether oxygens (including phenoxy) is 1. The van der Waals surface area contributed by atoms with Gasteiger partial charge in [-0.1, -0.05) is 66.2 Å². The Morgan fingerprint density at radius 2 is 1.71 bits per heavy atom. The highest BCUT2D eigenvalue weighted by atomic mass is 16.5. The summed E-state index contributed by atoms with van der Waals surface area (Å²) in [7, 11) is 1.77. The van der Waals surface area contributed by atoms with Crippen LogP contribution in [0.1, 0.15) is 22.3 Å². The van der Waals surface area contributed by atoms with Crippen molar-refractivity contribution in [2.24, 2.45) is 4.99 Å². The molecule has 3 aromatic rings. The van der Waals surface area contributed by atoms with E-state index in [0.717, 1.165) is 17.1 Å². The molecule has 1 aromatic heterocycles. The second-order valence-corrected chi connectivity index (χ2v) is 6.51. The summed E-state index contributed by atoms with van der Waals surface area (Å²) in [5, 5.41) is 6.67. The van der Waals surface area contributed by atoms with Gasteiger partial charge in [0.25, 0.3) is 0 Å². The van der Waals surface area contributed by atoms with Gasteiger partial charge in [-0.2, -0.15) is 0 Å². The lowest BCUT2D eigenvalue weighted by molar-refractivity contribution is 0.290. The normalized spacial score (nSPS) is 11.1. The van der Waals surface area contributed by atoms with Crippen molar-refractivity contribution >= 4 is 5.96 Å². The Kier molecular flexibility index (Phi) is 7.01. The minimum Gasteiger partial charge on any atom is -0.473 e. The number of hydrogen-bond donors (Lipinski definition) is 2. The second kappa shape index (κ2) is 10.1. The highest BCUT2D eigenvalue weighted by molar-refractivity contribution is 5.79. The number of aryl methyl sites for hydroxylation is 1. The van der Waals surface area contributed by atoms with Crippen LogP contribution in [0.25, 0.3) is 0 Å². The molecule has 0 atom stereocenters. The minimum absolute atomic E-state index is 0.491. The largest absolute Gasteiger partial charge is 0.473 e. The Hall–Kier alpha value is -3.34. The average molecular weight is 374 g/mol. The van der Waals surface area contributed by atoms with Gasteiger partial charge in [-0.15, -0.1) is 0 Å². The van der Waals surface area contributed by atoms with Crippen molar-refractivity contribution in [2.45, 2.75) is 26.6 Å². The third-order valence-electron chi connectivity index (χ3n) is 4.28. The fourth-order valence-electron chi connectivity index (χ4n) is 2.82. The van der Waals surface area contributed by atoms with Crippen molar-refractivity contribution in [3.63, 3.8) is 0 Å². The first-order valence-electron chi connectivity index (χ1n) is 9.35. The van der Waals surface area contributed by atoms with E-state index >= 15 is 0 Å². The molecule has 0 aliphatic rings. The predicted octanol–water partition coefficient (Wildman–Crippen LogP) is 3.83. The van der Waals surface area contributed by atoms with Gasteiger partial charge in [0.2, 0.25) is 5.88 Å². The van der Waals surface area contributed by atoms with Crippen molar-refractivity contribution in [3.05, 3.63) is 95.2 Å². The van der Waals surface area contributed by atoms with E-state index in [4.69, 9.17) is 4.74 Å². The molecule has 5 nitrogen and oxygen atoms in total. The molecular weight excluding hydrogens is 348 g/mol. The van der Waals surface area contributed by atoms with E-state index in [1.165, 1.54) is 11.1 Å². The zero-order valence-corrected chi connectivity index (χ0v) is 16.4. The topological polar surface area (TPSA) is 58.5 Å². The van der Waals surface area contributed by atoms with Gasteiger partial charge in [0, 0.05) is 31.9 Å². The lowest BCUT2D eigenvalue weighted by atomic mass is 10.1. The number of nitrogens with one attached hydrogen (secondary N) is 2. The van der Waals surface area contributed by atoms with Crippen LogP contribution < -0.4 is 15.4 Å². The zero-order chi connectivity index (χ0) is 19.6. The van der Waals surface area contributed by atoms with Crippen molar-refractivity contribution in [2.75, 3.05) is 7.05 Å². The van der Waals surface area contributed by atoms with E-state index in [1.807, 2.05) is 42.5 Å². The van der Waals surface area contributed by atoms with E-state index in [2.05, 4.69) is 51.8 Å². The van der Waals surface area contributed by atoms with Gasteiger partial charge in [0.1, 0.15) is 6.61 Å². The fraction of sp³-hybridized carbons (Fsp3) is 0.217. The van der Waals surface area contributed by atoms with E-state index < -0.39 is 0 Å². The van der Waals surface area contributed by atoms with Crippen molar-refractivity contribution in [1.82, 2.24) is 15.6 Å². The summed E-state index contributed by atoms with van der Waals surface area (Å²) >= 11 is 0. The van der Waals surface area contributed by atoms with E-state index in [0.29, 0.717) is 25.6 Å². The maximum atomic E-state index is 5.92. The van der Waals surface area contributed by atoms with Crippen LogP contribution in [-0.4, -0.2) is 18.0 Å². The zero-order valence-electron chi connectivity index (χ0n) is 16.4. The molecule has 0 bridgehead atoms. The lowest BCUT2D eigenvalue weighted by Gasteiger charge is -2.14. The summed E-state index contributed by atoms with van der Waals surface area (Å²) < 4.78 is 5.92. The number of guanidine groups is 1. The predicted molar refractivity (Wildman–Crippen MR) is 113 cm³/mol. The first kappa shape index (κ1) is 19.4. The molecule has 0 aliphatic heterocycles. The lowest BCUT2D eigenvalue weighted by Crippen LogP contribution is -2.36. The number of rotatable bonds is 7. The maximum Gasteiger partial charge on any atom is 0.218 e. The third-order valence-corrected chi connectivity index (χ3v) is 4.28. The van der Waals surface area contributed by atoms with Gasteiger partial charge in [0.15, 0.2) is 5.96 Å². The molecule has 28 heavy (non-hydrogen) atoms. The highest BCUT2D eigenvalue weighted by Crippen LogP contribution is 2.16. The number of hydrogen-bond acceptors (Lipinski definition) is 3. The van der Waals surface area contributed by atoms with Crippen LogP contribution >= 0.6 is 0 Å². The molecule has 144 valence electrons. The Morgan fingerprint density at radius 3 is 2.50 bits per heavy atom. The number of benzene rings is 2. The number of pyridine rings is 1. The molecule has 0 radical (unpaired) electrons. The van der Waals surface area contributed by atoms with Crippen LogP contribution in [0, 0.1) is 6.92 Å². The molecular formula is C23H26N4O. The quantitative estimate of drug-likeness (QED) is 0.487. The summed E-state index contributed by atoms with van der Waals surface area (Å²) in [4.78, 5) is 8.68.